The van der Waals surface area contributed by atoms with E-state index in [9.17, 15) is 4.79 Å². The Hall–Kier alpha value is -1.85. The topological polar surface area (TPSA) is 101 Å². The van der Waals surface area contributed by atoms with Crippen molar-refractivity contribution in [2.75, 3.05) is 18.1 Å². The fourth-order valence-corrected chi connectivity index (χ4v) is 1.44. The number of carboxylic acids is 1. The number of carbonyl (C=O) groups is 1. The molecular weight excluding hydrogens is 208 g/mol. The zero-order valence-electron chi connectivity index (χ0n) is 9.61. The molecule has 1 aromatic heterocycles. The number of nitrogen functional groups attached to an aromatic ring is 1. The summed E-state index contributed by atoms with van der Waals surface area (Å²) >= 11 is 0. The highest BCUT2D eigenvalue weighted by Gasteiger charge is 2.17. The lowest BCUT2D eigenvalue weighted by Crippen LogP contribution is -2.13. The molecule has 0 bridgehead atoms. The van der Waals surface area contributed by atoms with Crippen LogP contribution < -0.4 is 11.1 Å². The highest BCUT2D eigenvalue weighted by atomic mass is 16.4. The molecule has 0 aromatic carbocycles. The number of aromatic nitrogens is 2. The number of nitrogens with zero attached hydrogens (tertiary/aromatic N) is 2. The second-order valence-corrected chi connectivity index (χ2v) is 3.77. The van der Waals surface area contributed by atoms with Gasteiger partial charge in [-0.3, -0.25) is 4.79 Å². The monoisotopic (exact) mass is 224 g/mol. The number of anilines is 2. The van der Waals surface area contributed by atoms with Crippen molar-refractivity contribution in [1.82, 2.24) is 9.97 Å². The first-order chi connectivity index (χ1) is 7.45. The Balaban J connectivity index is 3.27. The minimum Gasteiger partial charge on any atom is -0.481 e. The fraction of sp³-hybridized carbons (Fsp3) is 0.500. The molecule has 0 spiro atoms. The average molecular weight is 224 g/mol. The van der Waals surface area contributed by atoms with Gasteiger partial charge in [0, 0.05) is 12.6 Å². The normalized spacial score (nSPS) is 10.5. The van der Waals surface area contributed by atoms with Crippen molar-refractivity contribution in [3.05, 3.63) is 11.3 Å². The first kappa shape index (κ1) is 12.2. The van der Waals surface area contributed by atoms with Gasteiger partial charge in [0.1, 0.15) is 5.82 Å². The molecule has 0 saturated carbocycles. The van der Waals surface area contributed by atoms with E-state index in [1.165, 1.54) is 0 Å². The largest absolute Gasteiger partial charge is 0.481 e. The molecule has 16 heavy (non-hydrogen) atoms. The first-order valence-corrected chi connectivity index (χ1v) is 5.01. The van der Waals surface area contributed by atoms with Gasteiger partial charge < -0.3 is 16.2 Å². The first-order valence-electron chi connectivity index (χ1n) is 5.01. The van der Waals surface area contributed by atoms with Crippen molar-refractivity contribution < 1.29 is 9.90 Å². The Bertz CT molecular complexity index is 404. The molecule has 0 aliphatic rings. The summed E-state index contributed by atoms with van der Waals surface area (Å²) in [5.74, 6) is -0.193. The van der Waals surface area contributed by atoms with Crippen LogP contribution in [0.4, 0.5) is 11.8 Å². The predicted molar refractivity (Wildman–Crippen MR) is 61.4 cm³/mol. The molecule has 88 valence electrons. The van der Waals surface area contributed by atoms with Gasteiger partial charge in [-0.05, 0) is 5.92 Å². The minimum absolute atomic E-state index is 0.103. The number of nitrogens with one attached hydrogen (secondary N) is 1. The predicted octanol–water partition coefficient (Wildman–Crippen LogP) is 0.851. The molecule has 0 amide bonds. The highest BCUT2D eigenvalue weighted by molar-refractivity contribution is 5.73. The Kier molecular flexibility index (Phi) is 3.65. The fourth-order valence-electron chi connectivity index (χ4n) is 1.44. The van der Waals surface area contributed by atoms with Crippen molar-refractivity contribution >= 4 is 17.7 Å². The molecule has 0 fully saturated rings. The van der Waals surface area contributed by atoms with E-state index in [1.54, 1.807) is 7.05 Å². The third kappa shape index (κ3) is 2.59. The van der Waals surface area contributed by atoms with Crippen LogP contribution >= 0.6 is 0 Å². The lowest BCUT2D eigenvalue weighted by molar-refractivity contribution is -0.136. The van der Waals surface area contributed by atoms with Gasteiger partial charge in [0.15, 0.2) is 0 Å². The van der Waals surface area contributed by atoms with Crippen LogP contribution in [0.1, 0.15) is 31.0 Å². The maximum absolute atomic E-state index is 10.7. The second kappa shape index (κ2) is 4.78. The quantitative estimate of drug-likeness (QED) is 0.701. The lowest BCUT2D eigenvalue weighted by Gasteiger charge is -2.13. The molecule has 0 aliphatic heterocycles. The number of nitrogens with two attached hydrogens (primary N) is 1. The van der Waals surface area contributed by atoms with Gasteiger partial charge in [-0.15, -0.1) is 0 Å². The summed E-state index contributed by atoms with van der Waals surface area (Å²) < 4.78 is 0. The van der Waals surface area contributed by atoms with E-state index in [2.05, 4.69) is 15.3 Å². The van der Waals surface area contributed by atoms with Crippen molar-refractivity contribution in [1.29, 1.82) is 0 Å². The van der Waals surface area contributed by atoms with E-state index in [-0.39, 0.29) is 18.2 Å². The van der Waals surface area contributed by atoms with E-state index >= 15 is 0 Å². The Morgan fingerprint density at radius 3 is 2.56 bits per heavy atom. The molecule has 1 aromatic rings. The summed E-state index contributed by atoms with van der Waals surface area (Å²) in [6, 6.07) is 0. The number of hydrogen-bond acceptors (Lipinski definition) is 5. The molecule has 1 heterocycles. The Labute approximate surface area is 93.9 Å². The molecule has 0 unspecified atom stereocenters. The molecule has 6 nitrogen and oxygen atoms in total. The summed E-state index contributed by atoms with van der Waals surface area (Å²) in [7, 11) is 1.69. The minimum atomic E-state index is -0.936. The smallest absolute Gasteiger partial charge is 0.308 e. The van der Waals surface area contributed by atoms with Gasteiger partial charge in [0.05, 0.1) is 12.1 Å². The summed E-state index contributed by atoms with van der Waals surface area (Å²) in [6.45, 7) is 3.87. The van der Waals surface area contributed by atoms with Crippen LogP contribution in [0.2, 0.25) is 0 Å². The van der Waals surface area contributed by atoms with E-state index in [1.807, 2.05) is 13.8 Å². The lowest BCUT2D eigenvalue weighted by atomic mass is 10.0. The number of aliphatic carboxylic acids is 1. The number of hydrogen-bond donors (Lipinski definition) is 3. The Morgan fingerprint density at radius 2 is 2.12 bits per heavy atom. The van der Waals surface area contributed by atoms with Crippen LogP contribution in [0.15, 0.2) is 0 Å². The van der Waals surface area contributed by atoms with Crippen LogP contribution in [0.5, 0.6) is 0 Å². The van der Waals surface area contributed by atoms with Crippen molar-refractivity contribution in [3.8, 4) is 0 Å². The van der Waals surface area contributed by atoms with E-state index in [0.29, 0.717) is 17.2 Å². The van der Waals surface area contributed by atoms with Crippen LogP contribution in [-0.4, -0.2) is 28.1 Å². The van der Waals surface area contributed by atoms with Gasteiger partial charge in [-0.1, -0.05) is 13.8 Å². The summed E-state index contributed by atoms with van der Waals surface area (Å²) in [5.41, 5.74) is 6.91. The molecule has 0 aliphatic carbocycles. The molecule has 4 N–H and O–H groups in total. The molecule has 0 atom stereocenters. The summed E-state index contributed by atoms with van der Waals surface area (Å²) in [6.07, 6.45) is -0.149. The third-order valence-electron chi connectivity index (χ3n) is 2.17. The third-order valence-corrected chi connectivity index (χ3v) is 2.17. The summed E-state index contributed by atoms with van der Waals surface area (Å²) in [4.78, 5) is 18.9. The highest BCUT2D eigenvalue weighted by Crippen LogP contribution is 2.23. The number of rotatable bonds is 4. The molecule has 0 saturated heterocycles. The summed E-state index contributed by atoms with van der Waals surface area (Å²) in [5, 5.41) is 11.6. The zero-order chi connectivity index (χ0) is 12.3. The van der Waals surface area contributed by atoms with Gasteiger partial charge in [0.2, 0.25) is 5.95 Å². The average Bonchev–Trinajstić information content (AvgIpc) is 2.19. The molecule has 1 rings (SSSR count). The van der Waals surface area contributed by atoms with Crippen LogP contribution in [-0.2, 0) is 11.2 Å². The van der Waals surface area contributed by atoms with Crippen LogP contribution in [0.25, 0.3) is 0 Å². The van der Waals surface area contributed by atoms with Crippen molar-refractivity contribution in [3.63, 3.8) is 0 Å². The maximum Gasteiger partial charge on any atom is 0.308 e. The SMILES string of the molecule is CNc1nc(N)c(CC(=O)O)c(C(C)C)n1. The maximum atomic E-state index is 10.7. The molecular formula is C10H16N4O2. The molecule has 6 heteroatoms. The van der Waals surface area contributed by atoms with Gasteiger partial charge in [0.25, 0.3) is 0 Å². The Morgan fingerprint density at radius 1 is 1.50 bits per heavy atom. The second-order valence-electron chi connectivity index (χ2n) is 3.77. The van der Waals surface area contributed by atoms with E-state index < -0.39 is 5.97 Å². The van der Waals surface area contributed by atoms with Crippen molar-refractivity contribution in [2.45, 2.75) is 26.2 Å². The van der Waals surface area contributed by atoms with Gasteiger partial charge in [-0.2, -0.15) is 4.98 Å². The number of carboxylic acid groups (broad SMARTS) is 1. The van der Waals surface area contributed by atoms with E-state index in [0.717, 1.165) is 0 Å². The van der Waals surface area contributed by atoms with Gasteiger partial charge in [-0.25, -0.2) is 4.98 Å². The van der Waals surface area contributed by atoms with Crippen LogP contribution in [0, 0.1) is 0 Å². The molecule has 0 radical (unpaired) electrons. The standard InChI is InChI=1S/C10H16N4O2/c1-5(2)8-6(4-7(15)16)9(11)14-10(12-3)13-8/h5H,4H2,1-3H3,(H,15,16)(H3,11,12,13,14). The van der Waals surface area contributed by atoms with Crippen molar-refractivity contribution in [2.24, 2.45) is 0 Å². The van der Waals surface area contributed by atoms with E-state index in [4.69, 9.17) is 10.8 Å². The zero-order valence-corrected chi connectivity index (χ0v) is 9.61. The van der Waals surface area contributed by atoms with Crippen LogP contribution in [0.3, 0.4) is 0 Å². The van der Waals surface area contributed by atoms with Gasteiger partial charge >= 0.3 is 5.97 Å².